The highest BCUT2D eigenvalue weighted by Gasteiger charge is 2.37. The SMILES string of the molecule is CC(C)(C)[C@H](c1cc(-c2cc(F)ccc2F)cn1Cc1ccccc1)N(CC[C@H](N)C(=O)NCCNC(=O)CNC(=O)CCC(=O)O)C(=O)CO. The summed E-state index contributed by atoms with van der Waals surface area (Å²) >= 11 is 0. The molecule has 0 saturated carbocycles. The summed E-state index contributed by atoms with van der Waals surface area (Å²) in [5.74, 6) is -4.65. The van der Waals surface area contributed by atoms with Gasteiger partial charge >= 0.3 is 5.97 Å². The Hall–Kier alpha value is -5.15. The Kier molecular flexibility index (Phi) is 14.8. The molecule has 0 radical (unpaired) electrons. The number of nitrogens with zero attached hydrogens (tertiary/aromatic N) is 2. The smallest absolute Gasteiger partial charge is 0.303 e. The minimum atomic E-state index is -1.13. The Morgan fingerprint density at radius 2 is 1.61 bits per heavy atom. The third kappa shape index (κ3) is 12.3. The molecular formula is C36H46F2N6O7. The van der Waals surface area contributed by atoms with Crippen molar-refractivity contribution in [3.05, 3.63) is 83.7 Å². The van der Waals surface area contributed by atoms with Gasteiger partial charge in [-0.25, -0.2) is 8.78 Å². The van der Waals surface area contributed by atoms with E-state index in [-0.39, 0.29) is 51.0 Å². The zero-order valence-electron chi connectivity index (χ0n) is 29.0. The van der Waals surface area contributed by atoms with Crippen LogP contribution >= 0.6 is 0 Å². The number of aromatic nitrogens is 1. The Morgan fingerprint density at radius 1 is 0.922 bits per heavy atom. The van der Waals surface area contributed by atoms with E-state index in [4.69, 9.17) is 10.8 Å². The number of carbonyl (C=O) groups excluding carboxylic acids is 4. The summed E-state index contributed by atoms with van der Waals surface area (Å²) in [7, 11) is 0. The number of aliphatic hydroxyl groups is 1. The van der Waals surface area contributed by atoms with E-state index in [1.54, 1.807) is 12.3 Å². The molecule has 7 N–H and O–H groups in total. The predicted molar refractivity (Wildman–Crippen MR) is 185 cm³/mol. The van der Waals surface area contributed by atoms with Crippen molar-refractivity contribution >= 4 is 29.6 Å². The van der Waals surface area contributed by atoms with Gasteiger partial charge in [0, 0.05) is 55.6 Å². The van der Waals surface area contributed by atoms with Crippen LogP contribution in [0.1, 0.15) is 57.3 Å². The van der Waals surface area contributed by atoms with Gasteiger partial charge < -0.3 is 41.4 Å². The van der Waals surface area contributed by atoms with Gasteiger partial charge in [-0.1, -0.05) is 51.1 Å². The molecule has 0 spiro atoms. The number of halogens is 2. The van der Waals surface area contributed by atoms with Crippen LogP contribution in [0.2, 0.25) is 0 Å². The fourth-order valence-electron chi connectivity index (χ4n) is 5.58. The molecule has 0 aliphatic carbocycles. The van der Waals surface area contributed by atoms with E-state index < -0.39 is 65.3 Å². The first kappa shape index (κ1) is 40.3. The van der Waals surface area contributed by atoms with Crippen molar-refractivity contribution in [2.24, 2.45) is 11.1 Å². The summed E-state index contributed by atoms with van der Waals surface area (Å²) in [6, 6.07) is 12.6. The number of benzene rings is 2. The molecule has 3 rings (SSSR count). The van der Waals surface area contributed by atoms with Gasteiger partial charge in [-0.15, -0.1) is 0 Å². The molecule has 0 fully saturated rings. The lowest BCUT2D eigenvalue weighted by molar-refractivity contribution is -0.140. The van der Waals surface area contributed by atoms with E-state index >= 15 is 0 Å². The summed E-state index contributed by atoms with van der Waals surface area (Å²) in [6.45, 7) is 4.88. The summed E-state index contributed by atoms with van der Waals surface area (Å²) in [4.78, 5) is 61.7. The van der Waals surface area contributed by atoms with Gasteiger partial charge in [-0.05, 0) is 41.7 Å². The maximum atomic E-state index is 15.0. The highest BCUT2D eigenvalue weighted by molar-refractivity contribution is 5.86. The van der Waals surface area contributed by atoms with Crippen LogP contribution in [0, 0.1) is 17.0 Å². The topological polar surface area (TPSA) is 196 Å². The average Bonchev–Trinajstić information content (AvgIpc) is 3.48. The number of nitrogens with one attached hydrogen (secondary N) is 3. The average molecular weight is 713 g/mol. The monoisotopic (exact) mass is 712 g/mol. The summed E-state index contributed by atoms with van der Waals surface area (Å²) < 4.78 is 31.1. The molecule has 0 bridgehead atoms. The molecule has 2 aromatic carbocycles. The zero-order chi connectivity index (χ0) is 37.7. The van der Waals surface area contributed by atoms with Crippen LogP contribution in [0.25, 0.3) is 11.1 Å². The van der Waals surface area contributed by atoms with E-state index in [1.807, 2.05) is 55.7 Å². The lowest BCUT2D eigenvalue weighted by Gasteiger charge is -2.41. The fraction of sp³-hybridized carbons (Fsp3) is 0.417. The molecule has 2 atom stereocenters. The fourth-order valence-corrected chi connectivity index (χ4v) is 5.58. The van der Waals surface area contributed by atoms with Gasteiger partial charge in [0.05, 0.1) is 25.0 Å². The van der Waals surface area contributed by atoms with Crippen molar-refractivity contribution in [1.29, 1.82) is 0 Å². The molecule has 0 aliphatic rings. The highest BCUT2D eigenvalue weighted by atomic mass is 19.1. The number of nitrogens with two attached hydrogens (primary N) is 1. The zero-order valence-corrected chi connectivity index (χ0v) is 29.0. The Morgan fingerprint density at radius 3 is 2.25 bits per heavy atom. The normalized spacial score (nSPS) is 12.5. The van der Waals surface area contributed by atoms with Crippen LogP contribution in [0.15, 0.2) is 60.8 Å². The summed E-state index contributed by atoms with van der Waals surface area (Å²) in [5, 5.41) is 26.1. The largest absolute Gasteiger partial charge is 0.481 e. The Labute approximate surface area is 295 Å². The van der Waals surface area contributed by atoms with Crippen LogP contribution in [-0.2, 0) is 30.5 Å². The second-order valence-electron chi connectivity index (χ2n) is 13.1. The van der Waals surface area contributed by atoms with Gasteiger partial charge in [-0.2, -0.15) is 0 Å². The number of carboxylic acids is 1. The molecule has 276 valence electrons. The molecule has 3 aromatic rings. The van der Waals surface area contributed by atoms with Crippen LogP contribution in [0.5, 0.6) is 0 Å². The van der Waals surface area contributed by atoms with Gasteiger partial charge in [0.1, 0.15) is 18.2 Å². The number of carboxylic acid groups (broad SMARTS) is 1. The molecule has 0 saturated heterocycles. The Bertz CT molecular complexity index is 1680. The second-order valence-corrected chi connectivity index (χ2v) is 13.1. The summed E-state index contributed by atoms with van der Waals surface area (Å²) in [6.07, 6.45) is 1.09. The van der Waals surface area contributed by atoms with Crippen molar-refractivity contribution in [2.75, 3.05) is 32.8 Å². The minimum Gasteiger partial charge on any atom is -0.481 e. The summed E-state index contributed by atoms with van der Waals surface area (Å²) in [5.41, 5.74) is 7.50. The first-order valence-electron chi connectivity index (χ1n) is 16.5. The molecule has 1 heterocycles. The first-order valence-corrected chi connectivity index (χ1v) is 16.5. The van der Waals surface area contributed by atoms with Crippen molar-refractivity contribution in [1.82, 2.24) is 25.4 Å². The minimum absolute atomic E-state index is 0.00363. The lowest BCUT2D eigenvalue weighted by Crippen LogP contribution is -2.48. The van der Waals surface area contributed by atoms with Crippen LogP contribution in [-0.4, -0.2) is 88.1 Å². The van der Waals surface area contributed by atoms with Crippen molar-refractivity contribution in [2.45, 2.75) is 58.7 Å². The quantitative estimate of drug-likeness (QED) is 0.108. The van der Waals surface area contributed by atoms with Crippen molar-refractivity contribution in [3.63, 3.8) is 0 Å². The van der Waals surface area contributed by atoms with Crippen molar-refractivity contribution in [3.8, 4) is 11.1 Å². The maximum Gasteiger partial charge on any atom is 0.303 e. The first-order chi connectivity index (χ1) is 24.1. The number of carbonyl (C=O) groups is 5. The molecule has 1 aromatic heterocycles. The number of aliphatic hydroxyl groups excluding tert-OH is 1. The van der Waals surface area contributed by atoms with Crippen molar-refractivity contribution < 1.29 is 43.0 Å². The lowest BCUT2D eigenvalue weighted by atomic mass is 9.82. The van der Waals surface area contributed by atoms with Crippen LogP contribution in [0.4, 0.5) is 8.78 Å². The number of hydrogen-bond donors (Lipinski definition) is 6. The highest BCUT2D eigenvalue weighted by Crippen LogP contribution is 2.41. The number of rotatable bonds is 18. The van der Waals surface area contributed by atoms with E-state index in [0.717, 1.165) is 23.8 Å². The van der Waals surface area contributed by atoms with Gasteiger partial charge in [0.15, 0.2) is 0 Å². The molecule has 15 heteroatoms. The second kappa shape index (κ2) is 18.7. The van der Waals surface area contributed by atoms with Gasteiger partial charge in [0.25, 0.3) is 0 Å². The van der Waals surface area contributed by atoms with E-state index in [9.17, 15) is 37.9 Å². The van der Waals surface area contributed by atoms with Gasteiger partial charge in [0.2, 0.25) is 23.6 Å². The third-order valence-electron chi connectivity index (χ3n) is 8.01. The Balaban J connectivity index is 1.75. The molecule has 0 unspecified atom stereocenters. The predicted octanol–water partition coefficient (Wildman–Crippen LogP) is 2.32. The number of amides is 4. The molecule has 13 nitrogen and oxygen atoms in total. The van der Waals surface area contributed by atoms with Gasteiger partial charge in [-0.3, -0.25) is 24.0 Å². The number of aliphatic carboxylic acids is 1. The van der Waals surface area contributed by atoms with Crippen LogP contribution in [0.3, 0.4) is 0 Å². The van der Waals surface area contributed by atoms with E-state index in [0.29, 0.717) is 17.8 Å². The molecular weight excluding hydrogens is 666 g/mol. The molecule has 4 amide bonds. The molecule has 0 aliphatic heterocycles. The number of hydrogen-bond acceptors (Lipinski definition) is 7. The third-order valence-corrected chi connectivity index (χ3v) is 8.01. The van der Waals surface area contributed by atoms with E-state index in [2.05, 4.69) is 16.0 Å². The van der Waals surface area contributed by atoms with Crippen LogP contribution < -0.4 is 21.7 Å². The standard InChI is InChI=1S/C36H46F2N6O7/c1-36(2,3)34(29-17-24(26-18-25(37)9-10-27(26)38)21-43(29)20-23-7-5-4-6-8-23)44(32(48)22-45)16-13-28(39)35(51)41-15-14-40-31(47)19-42-30(46)11-12-33(49)50/h4-10,17-18,21,28,34,45H,11-16,19-20,22,39H2,1-3H3,(H,40,47)(H,41,51)(H,42,46)(H,49,50)/t28-,34-/m0/s1. The van der Waals surface area contributed by atoms with E-state index in [1.165, 1.54) is 4.90 Å². The maximum absolute atomic E-state index is 15.0. The molecule has 51 heavy (non-hydrogen) atoms.